The highest BCUT2D eigenvalue weighted by atomic mass is 32.2. The van der Waals surface area contributed by atoms with E-state index in [-0.39, 0.29) is 23.6 Å². The first-order valence-electron chi connectivity index (χ1n) is 12.0. The molecular weight excluding hydrogens is 474 g/mol. The molecule has 1 aromatic carbocycles. The van der Waals surface area contributed by atoms with Crippen LogP contribution in [0.4, 0.5) is 0 Å². The number of amides is 1. The Labute approximate surface area is 212 Å². The second kappa shape index (κ2) is 9.66. The number of carbonyl (C=O) groups is 1. The Hall–Kier alpha value is -3.85. The second-order valence-electron chi connectivity index (χ2n) is 8.86. The summed E-state index contributed by atoms with van der Waals surface area (Å²) >= 11 is 1.36. The molecule has 8 nitrogen and oxygen atoms in total. The number of nitrogens with zero attached hydrogens (tertiary/aromatic N) is 5. The van der Waals surface area contributed by atoms with Crippen LogP contribution in [0.3, 0.4) is 0 Å². The van der Waals surface area contributed by atoms with Crippen molar-refractivity contribution in [1.29, 1.82) is 0 Å². The Morgan fingerprint density at radius 1 is 1.08 bits per heavy atom. The van der Waals surface area contributed by atoms with Crippen molar-refractivity contribution in [3.63, 3.8) is 0 Å². The number of allylic oxidation sites excluding steroid dienone is 1. The van der Waals surface area contributed by atoms with Crippen molar-refractivity contribution in [3.8, 4) is 5.69 Å². The molecule has 0 spiro atoms. The van der Waals surface area contributed by atoms with Crippen LogP contribution in [0.25, 0.3) is 11.8 Å². The molecule has 2 unspecified atom stereocenters. The van der Waals surface area contributed by atoms with Crippen LogP contribution in [0.15, 0.2) is 91.8 Å². The van der Waals surface area contributed by atoms with Gasteiger partial charge in [-0.2, -0.15) is 5.10 Å². The zero-order valence-electron chi connectivity index (χ0n) is 19.8. The van der Waals surface area contributed by atoms with E-state index in [1.54, 1.807) is 17.5 Å². The molecule has 4 aromatic rings. The molecule has 1 fully saturated rings. The van der Waals surface area contributed by atoms with Crippen LogP contribution in [-0.4, -0.2) is 37.1 Å². The summed E-state index contributed by atoms with van der Waals surface area (Å²) in [6, 6.07) is 17.2. The Kier molecular flexibility index (Phi) is 6.06. The van der Waals surface area contributed by atoms with Gasteiger partial charge in [-0.3, -0.25) is 9.36 Å². The topological polar surface area (TPSA) is 89.7 Å². The first-order valence-corrected chi connectivity index (χ1v) is 13.0. The highest BCUT2D eigenvalue weighted by Gasteiger charge is 2.45. The number of para-hydroxylation sites is 1. The van der Waals surface area contributed by atoms with E-state index < -0.39 is 0 Å². The average Bonchev–Trinajstić information content (AvgIpc) is 3.70. The molecule has 0 N–H and O–H groups in total. The zero-order valence-corrected chi connectivity index (χ0v) is 20.6. The Balaban J connectivity index is 1.28. The normalized spacial score (nSPS) is 20.5. The van der Waals surface area contributed by atoms with Crippen molar-refractivity contribution < 1.29 is 13.6 Å². The maximum absolute atomic E-state index is 13.6. The van der Waals surface area contributed by atoms with E-state index >= 15 is 0 Å². The smallest absolute Gasteiger partial charge is 0.253 e. The summed E-state index contributed by atoms with van der Waals surface area (Å²) in [5, 5.41) is 15.7. The van der Waals surface area contributed by atoms with Gasteiger partial charge in [0.05, 0.1) is 24.0 Å². The third kappa shape index (κ3) is 4.19. The van der Waals surface area contributed by atoms with Gasteiger partial charge < -0.3 is 8.83 Å². The molecule has 1 aliphatic heterocycles. The van der Waals surface area contributed by atoms with E-state index in [2.05, 4.69) is 10.2 Å². The molecule has 1 aliphatic carbocycles. The third-order valence-electron chi connectivity index (χ3n) is 6.59. The number of fused-ring (bicyclic) bond motifs is 1. The van der Waals surface area contributed by atoms with Crippen molar-refractivity contribution in [3.05, 3.63) is 90.0 Å². The summed E-state index contributed by atoms with van der Waals surface area (Å²) in [5.74, 6) is 2.47. The van der Waals surface area contributed by atoms with Crippen LogP contribution in [0.2, 0.25) is 0 Å². The number of aryl methyl sites for hydroxylation is 1. The largest absolute Gasteiger partial charge is 0.467 e. The molecule has 36 heavy (non-hydrogen) atoms. The number of hydrogen-bond donors (Lipinski definition) is 0. The van der Waals surface area contributed by atoms with Gasteiger partial charge in [0.2, 0.25) is 0 Å². The lowest BCUT2D eigenvalue weighted by molar-refractivity contribution is -0.131. The molecule has 0 radical (unpaired) electrons. The minimum absolute atomic E-state index is 0.0790. The maximum Gasteiger partial charge on any atom is 0.253 e. The maximum atomic E-state index is 13.6. The molecule has 2 atom stereocenters. The molecule has 6 rings (SSSR count). The summed E-state index contributed by atoms with van der Waals surface area (Å²) < 4.78 is 13.3. The Morgan fingerprint density at radius 3 is 2.69 bits per heavy atom. The molecule has 3 aromatic heterocycles. The monoisotopic (exact) mass is 499 g/mol. The van der Waals surface area contributed by atoms with E-state index in [0.29, 0.717) is 5.16 Å². The fourth-order valence-corrected chi connectivity index (χ4v) is 5.84. The zero-order chi connectivity index (χ0) is 24.5. The number of furan rings is 2. The number of aromatic nitrogens is 3. The summed E-state index contributed by atoms with van der Waals surface area (Å²) in [6.45, 7) is 1.91. The lowest BCUT2D eigenvalue weighted by atomic mass is 9.79. The van der Waals surface area contributed by atoms with Crippen LogP contribution in [-0.2, 0) is 4.79 Å². The molecule has 182 valence electrons. The lowest BCUT2D eigenvalue weighted by Crippen LogP contribution is -2.32. The fourth-order valence-electron chi connectivity index (χ4n) is 4.99. The Bertz CT molecular complexity index is 1410. The molecule has 9 heteroatoms. The molecule has 0 saturated heterocycles. The second-order valence-corrected chi connectivity index (χ2v) is 9.80. The summed E-state index contributed by atoms with van der Waals surface area (Å²) in [6.07, 6.45) is 8.22. The van der Waals surface area contributed by atoms with Gasteiger partial charge in [-0.1, -0.05) is 30.0 Å². The molecule has 1 saturated carbocycles. The number of thioether (sulfide) groups is 1. The van der Waals surface area contributed by atoms with E-state index in [0.717, 1.165) is 53.6 Å². The molecule has 1 amide bonds. The quantitative estimate of drug-likeness (QED) is 0.317. The first kappa shape index (κ1) is 22.6. The van der Waals surface area contributed by atoms with E-state index in [4.69, 9.17) is 13.9 Å². The van der Waals surface area contributed by atoms with Gasteiger partial charge >= 0.3 is 0 Å². The van der Waals surface area contributed by atoms with E-state index in [1.807, 2.05) is 72.2 Å². The lowest BCUT2D eigenvalue weighted by Gasteiger charge is -2.27. The van der Waals surface area contributed by atoms with Gasteiger partial charge in [0.1, 0.15) is 23.4 Å². The minimum Gasteiger partial charge on any atom is -0.467 e. The van der Waals surface area contributed by atoms with Crippen molar-refractivity contribution >= 4 is 29.5 Å². The van der Waals surface area contributed by atoms with Gasteiger partial charge in [-0.15, -0.1) is 10.2 Å². The molecule has 2 aliphatic rings. The number of carbonyl (C=O) groups excluding carboxylic acids is 1. The van der Waals surface area contributed by atoms with Crippen LogP contribution < -0.4 is 0 Å². The van der Waals surface area contributed by atoms with Crippen molar-refractivity contribution in [2.45, 2.75) is 37.4 Å². The SMILES string of the molecule is Cc1nnc(SCC(=O)N2N=C3/C(=C\c4ccco4)CCCC3C2c2ccco2)n1-c1ccccc1. The number of rotatable bonds is 6. The Morgan fingerprint density at radius 2 is 1.92 bits per heavy atom. The summed E-state index contributed by atoms with van der Waals surface area (Å²) in [7, 11) is 0. The highest BCUT2D eigenvalue weighted by Crippen LogP contribution is 2.44. The van der Waals surface area contributed by atoms with Gasteiger partial charge in [-0.05, 0) is 74.2 Å². The van der Waals surface area contributed by atoms with Gasteiger partial charge in [0, 0.05) is 11.6 Å². The predicted molar refractivity (Wildman–Crippen MR) is 137 cm³/mol. The van der Waals surface area contributed by atoms with Gasteiger partial charge in [0.25, 0.3) is 5.91 Å². The minimum atomic E-state index is -0.267. The summed E-state index contributed by atoms with van der Waals surface area (Å²) in [5.41, 5.74) is 3.02. The molecule has 0 bridgehead atoms. The van der Waals surface area contributed by atoms with Gasteiger partial charge in [-0.25, -0.2) is 5.01 Å². The first-order chi connectivity index (χ1) is 17.7. The van der Waals surface area contributed by atoms with Crippen LogP contribution >= 0.6 is 11.8 Å². The van der Waals surface area contributed by atoms with Crippen LogP contribution in [0.5, 0.6) is 0 Å². The number of benzene rings is 1. The van der Waals surface area contributed by atoms with Crippen LogP contribution in [0, 0.1) is 12.8 Å². The third-order valence-corrected chi connectivity index (χ3v) is 7.50. The predicted octanol–water partition coefficient (Wildman–Crippen LogP) is 5.68. The fraction of sp³-hybridized carbons (Fsp3) is 0.259. The van der Waals surface area contributed by atoms with E-state index in [1.165, 1.54) is 11.8 Å². The van der Waals surface area contributed by atoms with Crippen molar-refractivity contribution in [2.24, 2.45) is 11.0 Å². The van der Waals surface area contributed by atoms with Gasteiger partial charge in [0.15, 0.2) is 5.16 Å². The molecular formula is C27H25N5O3S. The number of hydrogen-bond acceptors (Lipinski definition) is 7. The van der Waals surface area contributed by atoms with E-state index in [9.17, 15) is 4.79 Å². The van der Waals surface area contributed by atoms with Crippen LogP contribution in [0.1, 0.15) is 42.6 Å². The van der Waals surface area contributed by atoms with Crippen molar-refractivity contribution in [2.75, 3.05) is 5.75 Å². The number of hydrazone groups is 1. The van der Waals surface area contributed by atoms with Crippen molar-refractivity contribution in [1.82, 2.24) is 19.8 Å². The average molecular weight is 500 g/mol. The highest BCUT2D eigenvalue weighted by molar-refractivity contribution is 7.99. The summed E-state index contributed by atoms with van der Waals surface area (Å²) in [4.78, 5) is 13.6. The standard InChI is InChI=1S/C27H25N5O3S/c1-18-28-29-27(31(18)20-9-3-2-4-10-20)36-17-24(33)32-26(23-13-7-15-35-23)22-12-5-8-19(25(22)30-32)16-21-11-6-14-34-21/h2-4,6-7,9-11,13-16,22,26H,5,8,12,17H2,1H3/b19-16-. The molecule has 4 heterocycles.